The number of benzene rings is 3. The quantitative estimate of drug-likeness (QED) is 0.285. The van der Waals surface area contributed by atoms with Crippen molar-refractivity contribution in [2.24, 2.45) is 5.73 Å². The van der Waals surface area contributed by atoms with E-state index in [2.05, 4.69) is 10.0 Å². The normalized spacial score (nSPS) is 19.1. The number of carbonyl (C=O) groups excluding carboxylic acids is 1. The smallest absolute Gasteiger partial charge is 0.261 e. The first-order chi connectivity index (χ1) is 19.5. The topological polar surface area (TPSA) is 130 Å². The van der Waals surface area contributed by atoms with Crippen molar-refractivity contribution < 1.29 is 13.2 Å². The van der Waals surface area contributed by atoms with Crippen molar-refractivity contribution in [3.63, 3.8) is 0 Å². The van der Waals surface area contributed by atoms with Crippen LogP contribution >= 0.6 is 0 Å². The van der Waals surface area contributed by atoms with Gasteiger partial charge in [-0.2, -0.15) is 0 Å². The van der Waals surface area contributed by atoms with Crippen molar-refractivity contribution in [3.8, 4) is 0 Å². The van der Waals surface area contributed by atoms with Crippen molar-refractivity contribution in [1.82, 2.24) is 15.3 Å². The number of rotatable bonds is 8. The summed E-state index contributed by atoms with van der Waals surface area (Å²) in [7, 11) is 0.176. The number of sulfonamides is 1. The van der Waals surface area contributed by atoms with Crippen LogP contribution in [0.3, 0.4) is 0 Å². The molecule has 0 spiro atoms. The Morgan fingerprint density at radius 1 is 1.00 bits per heavy atom. The average Bonchev–Trinajstić information content (AvgIpc) is 2.94. The number of anilines is 2. The van der Waals surface area contributed by atoms with E-state index in [1.54, 1.807) is 48.5 Å². The van der Waals surface area contributed by atoms with Crippen LogP contribution in [0.4, 0.5) is 11.5 Å². The molecular formula is C31H36N6O3S. The molecule has 0 unspecified atom stereocenters. The molecule has 4 N–H and O–H groups in total. The summed E-state index contributed by atoms with van der Waals surface area (Å²) in [4.78, 5) is 24.8. The Morgan fingerprint density at radius 2 is 1.71 bits per heavy atom. The molecule has 41 heavy (non-hydrogen) atoms. The van der Waals surface area contributed by atoms with Crippen LogP contribution in [0.25, 0.3) is 10.9 Å². The predicted octanol–water partition coefficient (Wildman–Crippen LogP) is 4.42. The second kappa shape index (κ2) is 11.5. The van der Waals surface area contributed by atoms with E-state index in [1.165, 1.54) is 0 Å². The molecular weight excluding hydrogens is 536 g/mol. The van der Waals surface area contributed by atoms with E-state index in [4.69, 9.17) is 15.7 Å². The number of carbonyl (C=O) groups is 1. The lowest BCUT2D eigenvalue weighted by Crippen LogP contribution is -2.50. The van der Waals surface area contributed by atoms with E-state index in [0.717, 1.165) is 53.8 Å². The molecule has 1 fully saturated rings. The molecule has 4 aromatic rings. The Hall–Kier alpha value is -4.02. The minimum atomic E-state index is -3.77. The summed E-state index contributed by atoms with van der Waals surface area (Å²) in [5.74, 6) is 1.35. The second-order valence-corrected chi connectivity index (χ2v) is 12.8. The van der Waals surface area contributed by atoms with Gasteiger partial charge < -0.3 is 16.0 Å². The van der Waals surface area contributed by atoms with E-state index >= 15 is 0 Å². The molecule has 1 aromatic heterocycles. The third-order valence-corrected chi connectivity index (χ3v) is 8.99. The third-order valence-electron chi connectivity index (χ3n) is 7.59. The fraction of sp³-hybridized carbons (Fsp3) is 0.323. The summed E-state index contributed by atoms with van der Waals surface area (Å²) in [6, 6.07) is 21.1. The summed E-state index contributed by atoms with van der Waals surface area (Å²) in [6.07, 6.45) is 3.47. The lowest BCUT2D eigenvalue weighted by molar-refractivity contribution is 0.0917. The highest BCUT2D eigenvalue weighted by Gasteiger charge is 2.33. The molecule has 5 rings (SSSR count). The highest BCUT2D eigenvalue weighted by Crippen LogP contribution is 2.31. The average molecular weight is 573 g/mol. The number of nitrogens with one attached hydrogen (secondary N) is 2. The summed E-state index contributed by atoms with van der Waals surface area (Å²) in [6.45, 7) is 1.89. The highest BCUT2D eigenvalue weighted by atomic mass is 32.2. The summed E-state index contributed by atoms with van der Waals surface area (Å²) in [5, 5.41) is 4.11. The number of aromatic nitrogens is 2. The zero-order valence-electron chi connectivity index (χ0n) is 23.6. The zero-order chi connectivity index (χ0) is 29.2. The maximum atomic E-state index is 13.1. The lowest BCUT2D eigenvalue weighted by atomic mass is 9.78. The Kier molecular flexibility index (Phi) is 7.97. The molecule has 0 saturated heterocycles. The van der Waals surface area contributed by atoms with Crippen LogP contribution in [0.2, 0.25) is 0 Å². The second-order valence-electron chi connectivity index (χ2n) is 11.2. The maximum Gasteiger partial charge on any atom is 0.261 e. The van der Waals surface area contributed by atoms with Gasteiger partial charge in [-0.3, -0.25) is 9.52 Å². The largest absolute Gasteiger partial charge is 0.362 e. The van der Waals surface area contributed by atoms with Crippen LogP contribution in [-0.4, -0.2) is 50.0 Å². The molecule has 1 saturated carbocycles. The van der Waals surface area contributed by atoms with E-state index < -0.39 is 15.6 Å². The van der Waals surface area contributed by atoms with Gasteiger partial charge >= 0.3 is 0 Å². The van der Waals surface area contributed by atoms with Crippen molar-refractivity contribution in [3.05, 3.63) is 89.7 Å². The Labute approximate surface area is 241 Å². The standard InChI is InChI=1S/C31H36N6O3S/c1-21-11-13-25(14-12-21)41(39,40)36-24-8-6-7-22(19-24)30(38)33-23-15-17-31(32,18-16-23)20-28-34-27-10-5-4-9-26(27)29(35-28)37(2)3/h4-14,19,23,36H,15-18,20,32H2,1-3H3,(H,33,38). The van der Waals surface area contributed by atoms with Gasteiger partial charge in [-0.05, 0) is 75.1 Å². The first kappa shape index (κ1) is 28.5. The molecule has 1 heterocycles. The number of hydrogen-bond donors (Lipinski definition) is 3. The summed E-state index contributed by atoms with van der Waals surface area (Å²) in [5.41, 5.74) is 8.96. The summed E-state index contributed by atoms with van der Waals surface area (Å²) < 4.78 is 28.1. The third kappa shape index (κ3) is 6.66. The highest BCUT2D eigenvalue weighted by molar-refractivity contribution is 7.92. The molecule has 3 aromatic carbocycles. The minimum absolute atomic E-state index is 0.0260. The molecule has 214 valence electrons. The van der Waals surface area contributed by atoms with Gasteiger partial charge in [0.15, 0.2) is 0 Å². The Morgan fingerprint density at radius 3 is 2.41 bits per heavy atom. The minimum Gasteiger partial charge on any atom is -0.362 e. The van der Waals surface area contributed by atoms with Gasteiger partial charge in [0.2, 0.25) is 0 Å². The van der Waals surface area contributed by atoms with Crippen LogP contribution in [0.1, 0.15) is 47.4 Å². The monoisotopic (exact) mass is 572 g/mol. The van der Waals surface area contributed by atoms with Gasteiger partial charge in [0, 0.05) is 48.7 Å². The number of fused-ring (bicyclic) bond motifs is 1. The Bertz CT molecular complexity index is 1660. The van der Waals surface area contributed by atoms with Crippen LogP contribution < -0.4 is 20.7 Å². The fourth-order valence-electron chi connectivity index (χ4n) is 5.28. The fourth-order valence-corrected chi connectivity index (χ4v) is 6.33. The van der Waals surface area contributed by atoms with E-state index in [0.29, 0.717) is 17.7 Å². The zero-order valence-corrected chi connectivity index (χ0v) is 24.4. The van der Waals surface area contributed by atoms with Crippen LogP contribution in [-0.2, 0) is 16.4 Å². The number of para-hydroxylation sites is 1. The lowest BCUT2D eigenvalue weighted by Gasteiger charge is -2.37. The van der Waals surface area contributed by atoms with E-state index in [-0.39, 0.29) is 16.8 Å². The van der Waals surface area contributed by atoms with Crippen LogP contribution in [0.15, 0.2) is 77.7 Å². The van der Waals surface area contributed by atoms with Gasteiger partial charge in [-0.1, -0.05) is 35.9 Å². The van der Waals surface area contributed by atoms with Gasteiger partial charge in [0.25, 0.3) is 15.9 Å². The maximum absolute atomic E-state index is 13.1. The number of nitrogens with two attached hydrogens (primary N) is 1. The number of hydrogen-bond acceptors (Lipinski definition) is 7. The van der Waals surface area contributed by atoms with Crippen molar-refractivity contribution in [2.45, 2.75) is 55.5 Å². The van der Waals surface area contributed by atoms with Crippen molar-refractivity contribution >= 4 is 38.3 Å². The number of nitrogens with zero attached hydrogens (tertiary/aromatic N) is 3. The molecule has 1 amide bonds. The van der Waals surface area contributed by atoms with E-state index in [1.807, 2.05) is 50.2 Å². The first-order valence-corrected chi connectivity index (χ1v) is 15.2. The van der Waals surface area contributed by atoms with Crippen molar-refractivity contribution in [1.29, 1.82) is 0 Å². The predicted molar refractivity (Wildman–Crippen MR) is 163 cm³/mol. The molecule has 9 nitrogen and oxygen atoms in total. The van der Waals surface area contributed by atoms with Gasteiger partial charge in [-0.15, -0.1) is 0 Å². The molecule has 10 heteroatoms. The molecule has 0 radical (unpaired) electrons. The van der Waals surface area contributed by atoms with Gasteiger partial charge in [0.05, 0.1) is 10.4 Å². The van der Waals surface area contributed by atoms with Crippen molar-refractivity contribution in [2.75, 3.05) is 23.7 Å². The van der Waals surface area contributed by atoms with Crippen LogP contribution in [0.5, 0.6) is 0 Å². The molecule has 0 bridgehead atoms. The number of aryl methyl sites for hydroxylation is 1. The number of amides is 1. The van der Waals surface area contributed by atoms with Crippen LogP contribution in [0, 0.1) is 6.92 Å². The first-order valence-electron chi connectivity index (χ1n) is 13.7. The Balaban J connectivity index is 1.20. The molecule has 1 aliphatic carbocycles. The van der Waals surface area contributed by atoms with Gasteiger partial charge in [0.1, 0.15) is 11.6 Å². The van der Waals surface area contributed by atoms with Gasteiger partial charge in [-0.25, -0.2) is 18.4 Å². The van der Waals surface area contributed by atoms with E-state index in [9.17, 15) is 13.2 Å². The summed E-state index contributed by atoms with van der Waals surface area (Å²) >= 11 is 0. The molecule has 0 aliphatic heterocycles. The molecule has 0 atom stereocenters. The SMILES string of the molecule is Cc1ccc(S(=O)(=O)Nc2cccc(C(=O)NC3CCC(N)(Cc4nc(N(C)C)c5ccccc5n4)CC3)c2)cc1. The molecule has 1 aliphatic rings.